The molecule has 20 heavy (non-hydrogen) atoms. The number of hydrogen-bond donors (Lipinski definition) is 3. The molecule has 3 unspecified atom stereocenters. The van der Waals surface area contributed by atoms with Crippen molar-refractivity contribution in [3.8, 4) is 0 Å². The lowest BCUT2D eigenvalue weighted by molar-refractivity contribution is 0.174. The maximum Gasteiger partial charge on any atom is 0.0961 e. The summed E-state index contributed by atoms with van der Waals surface area (Å²) in [6.45, 7) is 1.41. The van der Waals surface area contributed by atoms with E-state index < -0.39 is 6.10 Å². The maximum atomic E-state index is 9.92. The first kappa shape index (κ1) is 13.2. The third-order valence-electron chi connectivity index (χ3n) is 3.88. The van der Waals surface area contributed by atoms with Crippen LogP contribution < -0.4 is 10.6 Å². The van der Waals surface area contributed by atoms with E-state index in [1.54, 1.807) is 18.6 Å². The summed E-state index contributed by atoms with van der Waals surface area (Å²) in [6.07, 6.45) is 14.4. The molecule has 0 aromatic carbocycles. The van der Waals surface area contributed by atoms with Gasteiger partial charge in [-0.05, 0) is 30.8 Å². The molecule has 0 saturated carbocycles. The van der Waals surface area contributed by atoms with Crippen LogP contribution in [0.1, 0.15) is 18.1 Å². The number of furan rings is 1. The van der Waals surface area contributed by atoms with Crippen molar-refractivity contribution in [3.05, 3.63) is 60.2 Å². The number of fused-ring (bicyclic) bond motifs is 1. The third-order valence-corrected chi connectivity index (χ3v) is 3.88. The zero-order valence-electron chi connectivity index (χ0n) is 11.3. The molecule has 2 heterocycles. The van der Waals surface area contributed by atoms with E-state index in [1.165, 1.54) is 5.57 Å². The lowest BCUT2D eigenvalue weighted by atomic mass is 9.90. The lowest BCUT2D eigenvalue weighted by Gasteiger charge is -2.19. The molecule has 1 aromatic heterocycles. The van der Waals surface area contributed by atoms with E-state index in [1.807, 2.05) is 0 Å². The van der Waals surface area contributed by atoms with Gasteiger partial charge in [0.25, 0.3) is 0 Å². The molecule has 0 radical (unpaired) electrons. The summed E-state index contributed by atoms with van der Waals surface area (Å²) in [5.74, 6) is 0.487. The van der Waals surface area contributed by atoms with Crippen LogP contribution in [0.2, 0.25) is 0 Å². The minimum Gasteiger partial charge on any atom is -0.472 e. The highest BCUT2D eigenvalue weighted by Crippen LogP contribution is 2.27. The Labute approximate surface area is 118 Å². The zero-order chi connectivity index (χ0) is 13.8. The first-order valence-corrected chi connectivity index (χ1v) is 7.05. The summed E-state index contributed by atoms with van der Waals surface area (Å²) in [5, 5.41) is 16.6. The second kappa shape index (κ2) is 6.11. The van der Waals surface area contributed by atoms with Gasteiger partial charge >= 0.3 is 0 Å². The molecule has 1 aromatic rings. The van der Waals surface area contributed by atoms with Crippen LogP contribution in [-0.4, -0.2) is 24.2 Å². The zero-order valence-corrected chi connectivity index (χ0v) is 11.3. The van der Waals surface area contributed by atoms with Crippen molar-refractivity contribution < 1.29 is 9.52 Å². The smallest absolute Gasteiger partial charge is 0.0961 e. The molecule has 4 nitrogen and oxygen atoms in total. The van der Waals surface area contributed by atoms with Gasteiger partial charge in [-0.25, -0.2) is 0 Å². The highest BCUT2D eigenvalue weighted by Gasteiger charge is 2.26. The molecular formula is C16H20N2O2. The van der Waals surface area contributed by atoms with Gasteiger partial charge in [-0.2, -0.15) is 0 Å². The molecule has 1 aliphatic heterocycles. The van der Waals surface area contributed by atoms with E-state index in [4.69, 9.17) is 4.42 Å². The fraction of sp³-hybridized carbons (Fsp3) is 0.375. The summed E-state index contributed by atoms with van der Waals surface area (Å²) in [4.78, 5) is 0. The summed E-state index contributed by atoms with van der Waals surface area (Å²) in [6, 6.07) is 2.21. The molecule has 2 aliphatic rings. The van der Waals surface area contributed by atoms with Gasteiger partial charge in [0, 0.05) is 18.0 Å². The minimum absolute atomic E-state index is 0.423. The van der Waals surface area contributed by atoms with Crippen molar-refractivity contribution in [3.63, 3.8) is 0 Å². The highest BCUT2D eigenvalue weighted by molar-refractivity contribution is 5.31. The molecule has 4 heteroatoms. The Kier molecular flexibility index (Phi) is 4.04. The van der Waals surface area contributed by atoms with Gasteiger partial charge in [0.1, 0.15) is 0 Å². The second-order valence-corrected chi connectivity index (χ2v) is 5.23. The van der Waals surface area contributed by atoms with Gasteiger partial charge in [-0.1, -0.05) is 24.3 Å². The fourth-order valence-electron chi connectivity index (χ4n) is 2.71. The number of hydrogen-bond acceptors (Lipinski definition) is 4. The van der Waals surface area contributed by atoms with Gasteiger partial charge in [-0.3, -0.25) is 0 Å². The summed E-state index contributed by atoms with van der Waals surface area (Å²) in [5.41, 5.74) is 2.24. The number of nitrogens with one attached hydrogen (secondary N) is 2. The van der Waals surface area contributed by atoms with Gasteiger partial charge in [0.15, 0.2) is 0 Å². The predicted octanol–water partition coefficient (Wildman–Crippen LogP) is 1.89. The number of allylic oxidation sites excluding steroid dienone is 2. The standard InChI is InChI=1S/C16H20N2O2/c19-16(13-6-8-20-11-13)10-17-7-5-12-9-18-15-4-2-1-3-14(12)15/h1-4,6,8-9,11,14-19H,5,7,10H2. The largest absolute Gasteiger partial charge is 0.472 e. The van der Waals surface area contributed by atoms with E-state index in [0.29, 0.717) is 18.5 Å². The molecule has 1 aliphatic carbocycles. The minimum atomic E-state index is -0.505. The molecule has 3 N–H and O–H groups in total. The Hall–Kier alpha value is -1.78. The average Bonchev–Trinajstić information content (AvgIpc) is 3.13. The Bertz CT molecular complexity index is 517. The lowest BCUT2D eigenvalue weighted by Crippen LogP contribution is -2.26. The van der Waals surface area contributed by atoms with Crippen molar-refractivity contribution in [1.82, 2.24) is 10.6 Å². The van der Waals surface area contributed by atoms with Crippen molar-refractivity contribution in [2.45, 2.75) is 18.6 Å². The van der Waals surface area contributed by atoms with Crippen molar-refractivity contribution in [2.24, 2.45) is 5.92 Å². The molecule has 0 bridgehead atoms. The fourth-order valence-corrected chi connectivity index (χ4v) is 2.71. The van der Waals surface area contributed by atoms with Crippen LogP contribution in [-0.2, 0) is 0 Å². The molecule has 106 valence electrons. The SMILES string of the molecule is OC(CNCCC1=CNC2C=CC=CC12)c1ccoc1. The van der Waals surface area contributed by atoms with E-state index in [-0.39, 0.29) is 0 Å². The summed E-state index contributed by atoms with van der Waals surface area (Å²) >= 11 is 0. The van der Waals surface area contributed by atoms with E-state index in [9.17, 15) is 5.11 Å². The summed E-state index contributed by atoms with van der Waals surface area (Å²) < 4.78 is 4.96. The van der Waals surface area contributed by atoms with Crippen molar-refractivity contribution in [1.29, 1.82) is 0 Å². The molecule has 0 amide bonds. The Morgan fingerprint density at radius 3 is 3.10 bits per heavy atom. The number of rotatable bonds is 6. The van der Waals surface area contributed by atoms with Crippen LogP contribution in [0.15, 0.2) is 59.1 Å². The quantitative estimate of drug-likeness (QED) is 0.692. The average molecular weight is 272 g/mol. The molecule has 0 fully saturated rings. The Morgan fingerprint density at radius 2 is 2.25 bits per heavy atom. The van der Waals surface area contributed by atoms with Crippen LogP contribution in [0.5, 0.6) is 0 Å². The van der Waals surface area contributed by atoms with E-state index in [0.717, 1.165) is 18.5 Å². The second-order valence-electron chi connectivity index (χ2n) is 5.23. The van der Waals surface area contributed by atoms with E-state index in [2.05, 4.69) is 41.1 Å². The number of aliphatic hydroxyl groups excluding tert-OH is 1. The monoisotopic (exact) mass is 272 g/mol. The van der Waals surface area contributed by atoms with Gasteiger partial charge < -0.3 is 20.2 Å². The molecule has 3 atom stereocenters. The van der Waals surface area contributed by atoms with Crippen LogP contribution >= 0.6 is 0 Å². The Balaban J connectivity index is 1.40. The molecule has 3 rings (SSSR count). The third kappa shape index (κ3) is 2.86. The topological polar surface area (TPSA) is 57.4 Å². The van der Waals surface area contributed by atoms with Crippen LogP contribution in [0.3, 0.4) is 0 Å². The molecule has 0 saturated heterocycles. The number of aliphatic hydroxyl groups is 1. The maximum absolute atomic E-state index is 9.92. The molecule has 0 spiro atoms. The summed E-state index contributed by atoms with van der Waals surface area (Å²) in [7, 11) is 0. The molecular weight excluding hydrogens is 252 g/mol. The van der Waals surface area contributed by atoms with E-state index >= 15 is 0 Å². The van der Waals surface area contributed by atoms with Crippen molar-refractivity contribution in [2.75, 3.05) is 13.1 Å². The van der Waals surface area contributed by atoms with Gasteiger partial charge in [0.05, 0.1) is 24.7 Å². The first-order chi connectivity index (χ1) is 9.84. The van der Waals surface area contributed by atoms with Crippen molar-refractivity contribution >= 4 is 0 Å². The van der Waals surface area contributed by atoms with Gasteiger partial charge in [-0.15, -0.1) is 0 Å². The van der Waals surface area contributed by atoms with Crippen LogP contribution in [0.25, 0.3) is 0 Å². The first-order valence-electron chi connectivity index (χ1n) is 7.05. The Morgan fingerprint density at radius 1 is 1.35 bits per heavy atom. The van der Waals surface area contributed by atoms with Crippen LogP contribution in [0.4, 0.5) is 0 Å². The normalized spacial score (nSPS) is 25.1. The predicted molar refractivity (Wildman–Crippen MR) is 77.9 cm³/mol. The van der Waals surface area contributed by atoms with Crippen LogP contribution in [0, 0.1) is 5.92 Å². The van der Waals surface area contributed by atoms with Gasteiger partial charge in [0.2, 0.25) is 0 Å². The highest BCUT2D eigenvalue weighted by atomic mass is 16.3.